The molecule has 0 aromatic carbocycles. The number of nitrogens with zero attached hydrogens (tertiary/aromatic N) is 2. The number of hydrogen-bond donors (Lipinski definition) is 1. The zero-order valence-corrected chi connectivity index (χ0v) is 10.6. The zero-order valence-electron chi connectivity index (χ0n) is 10.6. The maximum absolute atomic E-state index is 5.66. The molecule has 0 aliphatic heterocycles. The van der Waals surface area contributed by atoms with E-state index in [0.29, 0.717) is 5.92 Å². The fourth-order valence-electron chi connectivity index (χ4n) is 2.19. The summed E-state index contributed by atoms with van der Waals surface area (Å²) in [5.74, 6) is 0.677. The lowest BCUT2D eigenvalue weighted by atomic mass is 10.0. The van der Waals surface area contributed by atoms with E-state index >= 15 is 0 Å². The van der Waals surface area contributed by atoms with Gasteiger partial charge in [0.05, 0.1) is 24.0 Å². The lowest BCUT2D eigenvalue weighted by Crippen LogP contribution is -2.35. The van der Waals surface area contributed by atoms with Gasteiger partial charge in [0, 0.05) is 19.5 Å². The topological polar surface area (TPSA) is 47.0 Å². The summed E-state index contributed by atoms with van der Waals surface area (Å²) in [4.78, 5) is 8.56. The molecule has 0 spiro atoms. The molecule has 1 N–H and O–H groups in total. The van der Waals surface area contributed by atoms with E-state index in [1.165, 1.54) is 12.8 Å². The molecular formula is C13H21N3O. The number of nitrogens with one attached hydrogen (secondary N) is 1. The number of methoxy groups -OCH3 is 1. The number of aromatic nitrogens is 2. The van der Waals surface area contributed by atoms with Crippen molar-refractivity contribution in [2.75, 3.05) is 13.7 Å². The predicted octanol–water partition coefficient (Wildman–Crippen LogP) is 1.94. The predicted molar refractivity (Wildman–Crippen MR) is 66.6 cm³/mol. The van der Waals surface area contributed by atoms with Crippen molar-refractivity contribution in [3.8, 4) is 0 Å². The van der Waals surface area contributed by atoms with Gasteiger partial charge in [-0.25, -0.2) is 0 Å². The summed E-state index contributed by atoms with van der Waals surface area (Å²) >= 11 is 0. The van der Waals surface area contributed by atoms with E-state index in [0.717, 1.165) is 18.7 Å². The fraction of sp³-hybridized carbons (Fsp3) is 0.692. The molecule has 0 bridgehead atoms. The summed E-state index contributed by atoms with van der Waals surface area (Å²) in [5, 5.41) is 3.53. The van der Waals surface area contributed by atoms with Crippen LogP contribution in [0.5, 0.6) is 0 Å². The minimum Gasteiger partial charge on any atom is -0.379 e. The van der Waals surface area contributed by atoms with Crippen molar-refractivity contribution >= 4 is 0 Å². The van der Waals surface area contributed by atoms with Crippen LogP contribution in [-0.2, 0) is 4.74 Å². The number of rotatable bonds is 7. The molecule has 1 aromatic rings. The van der Waals surface area contributed by atoms with Crippen LogP contribution in [0.2, 0.25) is 0 Å². The van der Waals surface area contributed by atoms with Crippen LogP contribution in [-0.4, -0.2) is 29.7 Å². The van der Waals surface area contributed by atoms with Crippen LogP contribution >= 0.6 is 0 Å². The van der Waals surface area contributed by atoms with Gasteiger partial charge in [-0.2, -0.15) is 0 Å². The maximum atomic E-state index is 5.66. The highest BCUT2D eigenvalue weighted by molar-refractivity contribution is 5.07. The molecule has 0 radical (unpaired) electrons. The summed E-state index contributed by atoms with van der Waals surface area (Å²) < 4.78 is 5.66. The minimum absolute atomic E-state index is 0.168. The van der Waals surface area contributed by atoms with Gasteiger partial charge in [0.15, 0.2) is 0 Å². The number of hydrogen-bond acceptors (Lipinski definition) is 4. The first-order valence-electron chi connectivity index (χ1n) is 6.39. The molecule has 1 saturated carbocycles. The van der Waals surface area contributed by atoms with Gasteiger partial charge in [-0.05, 0) is 31.7 Å². The maximum Gasteiger partial charge on any atom is 0.0810 e. The van der Waals surface area contributed by atoms with E-state index in [9.17, 15) is 0 Å². The van der Waals surface area contributed by atoms with Crippen LogP contribution in [0, 0.1) is 5.92 Å². The van der Waals surface area contributed by atoms with E-state index in [1.54, 1.807) is 19.5 Å². The van der Waals surface area contributed by atoms with Crippen molar-refractivity contribution in [3.63, 3.8) is 0 Å². The van der Waals surface area contributed by atoms with Crippen molar-refractivity contribution in [1.29, 1.82) is 0 Å². The zero-order chi connectivity index (χ0) is 12.1. The summed E-state index contributed by atoms with van der Waals surface area (Å²) in [7, 11) is 1.79. The highest BCUT2D eigenvalue weighted by Gasteiger charge is 2.37. The van der Waals surface area contributed by atoms with Crippen molar-refractivity contribution in [2.45, 2.75) is 38.3 Å². The Labute approximate surface area is 103 Å². The molecular weight excluding hydrogens is 214 g/mol. The Balaban J connectivity index is 2.11. The van der Waals surface area contributed by atoms with Crippen LogP contribution < -0.4 is 5.32 Å². The van der Waals surface area contributed by atoms with E-state index in [-0.39, 0.29) is 12.1 Å². The quantitative estimate of drug-likeness (QED) is 0.784. The molecule has 1 heterocycles. The normalized spacial score (nSPS) is 18.9. The Hall–Kier alpha value is -1.00. The van der Waals surface area contributed by atoms with Crippen LogP contribution in [0.4, 0.5) is 0 Å². The molecule has 4 nitrogen and oxygen atoms in total. The first kappa shape index (κ1) is 12.5. The summed E-state index contributed by atoms with van der Waals surface area (Å²) in [6.07, 6.45) is 9.15. The summed E-state index contributed by atoms with van der Waals surface area (Å²) in [5.41, 5.74) is 0.986. The van der Waals surface area contributed by atoms with Crippen LogP contribution in [0.25, 0.3) is 0 Å². The third kappa shape index (κ3) is 3.23. The minimum atomic E-state index is 0.168. The highest BCUT2D eigenvalue weighted by atomic mass is 16.5. The molecule has 2 unspecified atom stereocenters. The van der Waals surface area contributed by atoms with Gasteiger partial charge in [-0.1, -0.05) is 6.92 Å². The highest BCUT2D eigenvalue weighted by Crippen LogP contribution is 2.39. The van der Waals surface area contributed by atoms with E-state index in [1.807, 2.05) is 6.20 Å². The number of ether oxygens (including phenoxy) is 1. The Morgan fingerprint density at radius 2 is 2.29 bits per heavy atom. The van der Waals surface area contributed by atoms with Crippen molar-refractivity contribution in [3.05, 3.63) is 24.3 Å². The molecule has 1 aliphatic rings. The third-order valence-corrected chi connectivity index (χ3v) is 3.20. The molecule has 4 heteroatoms. The first-order valence-corrected chi connectivity index (χ1v) is 6.39. The molecule has 0 saturated heterocycles. The third-order valence-electron chi connectivity index (χ3n) is 3.20. The van der Waals surface area contributed by atoms with Gasteiger partial charge >= 0.3 is 0 Å². The van der Waals surface area contributed by atoms with Crippen LogP contribution in [0.1, 0.15) is 37.9 Å². The Kier molecular flexibility index (Phi) is 4.45. The smallest absolute Gasteiger partial charge is 0.0810 e. The molecule has 0 amide bonds. The molecule has 2 rings (SSSR count). The summed E-state index contributed by atoms with van der Waals surface area (Å²) in [6, 6.07) is 0.168. The average molecular weight is 235 g/mol. The largest absolute Gasteiger partial charge is 0.379 e. The second-order valence-corrected chi connectivity index (χ2v) is 4.60. The van der Waals surface area contributed by atoms with Gasteiger partial charge in [-0.3, -0.25) is 9.97 Å². The molecule has 1 aliphatic carbocycles. The average Bonchev–Trinajstić information content (AvgIpc) is 3.20. The Morgan fingerprint density at radius 3 is 2.82 bits per heavy atom. The SMILES string of the molecule is CCCNC(c1cnccn1)C(OC)C1CC1. The van der Waals surface area contributed by atoms with Crippen LogP contribution in [0.15, 0.2) is 18.6 Å². The van der Waals surface area contributed by atoms with Gasteiger partial charge in [0.2, 0.25) is 0 Å². The van der Waals surface area contributed by atoms with Crippen LogP contribution in [0.3, 0.4) is 0 Å². The Morgan fingerprint density at radius 1 is 1.47 bits per heavy atom. The standard InChI is InChI=1S/C13H21N3O/c1-3-6-16-12(11-9-14-7-8-15-11)13(17-2)10-4-5-10/h7-10,12-13,16H,3-6H2,1-2H3. The lowest BCUT2D eigenvalue weighted by molar-refractivity contribution is 0.0493. The molecule has 94 valence electrons. The monoisotopic (exact) mass is 235 g/mol. The molecule has 2 atom stereocenters. The van der Waals surface area contributed by atoms with Gasteiger partial charge in [0.1, 0.15) is 0 Å². The molecule has 17 heavy (non-hydrogen) atoms. The van der Waals surface area contributed by atoms with Gasteiger partial charge in [-0.15, -0.1) is 0 Å². The van der Waals surface area contributed by atoms with E-state index in [2.05, 4.69) is 22.2 Å². The first-order chi connectivity index (χ1) is 8.36. The van der Waals surface area contributed by atoms with Gasteiger partial charge < -0.3 is 10.1 Å². The fourth-order valence-corrected chi connectivity index (χ4v) is 2.19. The molecule has 1 aromatic heterocycles. The lowest BCUT2D eigenvalue weighted by Gasteiger charge is -2.26. The summed E-state index contributed by atoms with van der Waals surface area (Å²) in [6.45, 7) is 3.15. The van der Waals surface area contributed by atoms with Crippen molar-refractivity contribution < 1.29 is 4.74 Å². The Bertz CT molecular complexity index is 327. The van der Waals surface area contributed by atoms with Crippen molar-refractivity contribution in [1.82, 2.24) is 15.3 Å². The van der Waals surface area contributed by atoms with Crippen molar-refractivity contribution in [2.24, 2.45) is 5.92 Å². The van der Waals surface area contributed by atoms with E-state index in [4.69, 9.17) is 4.74 Å². The second-order valence-electron chi connectivity index (χ2n) is 4.60. The van der Waals surface area contributed by atoms with Gasteiger partial charge in [0.25, 0.3) is 0 Å². The van der Waals surface area contributed by atoms with E-state index < -0.39 is 0 Å². The molecule has 1 fully saturated rings. The second kappa shape index (κ2) is 6.07.